The molecule has 1 fully saturated rings. The summed E-state index contributed by atoms with van der Waals surface area (Å²) in [5.74, 6) is -2.80. The van der Waals surface area contributed by atoms with Crippen molar-refractivity contribution in [2.45, 2.75) is 52.5 Å². The largest absolute Gasteiger partial charge is 0.435 e. The van der Waals surface area contributed by atoms with Crippen LogP contribution >= 0.6 is 0 Å². The van der Waals surface area contributed by atoms with Crippen LogP contribution in [0.4, 0.5) is 35.1 Å². The molecule has 3 unspecified atom stereocenters. The maximum atomic E-state index is 15.0. The lowest BCUT2D eigenvalue weighted by molar-refractivity contribution is -0.348. The van der Waals surface area contributed by atoms with Crippen LogP contribution in [0, 0.1) is 5.82 Å². The van der Waals surface area contributed by atoms with E-state index in [2.05, 4.69) is 5.32 Å². The number of rotatable bonds is 4. The van der Waals surface area contributed by atoms with Crippen molar-refractivity contribution in [2.24, 2.45) is 0 Å². The summed E-state index contributed by atoms with van der Waals surface area (Å²) in [4.78, 5) is 27.3. The van der Waals surface area contributed by atoms with E-state index in [0.717, 1.165) is 30.3 Å². The van der Waals surface area contributed by atoms with Crippen molar-refractivity contribution in [3.05, 3.63) is 100 Å². The summed E-state index contributed by atoms with van der Waals surface area (Å²) in [7, 11) is -4.61. The number of fused-ring (bicyclic) bond motifs is 4. The van der Waals surface area contributed by atoms with Crippen LogP contribution in [0.25, 0.3) is 0 Å². The summed E-state index contributed by atoms with van der Waals surface area (Å²) in [5, 5.41) is 2.60. The van der Waals surface area contributed by atoms with Crippen molar-refractivity contribution in [1.82, 2.24) is 10.2 Å². The van der Waals surface area contributed by atoms with Gasteiger partial charge in [-0.25, -0.2) is 17.2 Å². The van der Waals surface area contributed by atoms with Gasteiger partial charge in [0.2, 0.25) is 5.91 Å². The number of likely N-dealkylation sites (tertiary alicyclic amines) is 1. The smallest absolute Gasteiger partial charge is 0.351 e. The summed E-state index contributed by atoms with van der Waals surface area (Å²) < 4.78 is 137. The quantitative estimate of drug-likeness (QED) is 0.298. The number of benzene rings is 3. The molecule has 15 heteroatoms. The van der Waals surface area contributed by atoms with Crippen molar-refractivity contribution >= 4 is 21.7 Å². The lowest BCUT2D eigenvalue weighted by Gasteiger charge is -2.35. The fraction of sp³-hybridized carbons (Fsp3) is 0.333. The maximum absolute atomic E-state index is 15.0. The standard InChI is InChI=1S/C30H22F8N2O4S/c31-18-6-8-19(9-7-18)45(43,44)27-11-12-40(26(42)22-15-39-25(41)21-4-2-1-3-20(21)22)24(27)14-16-13-17(5-10-23(16)27)28(32,29(33,34)35)30(36,37)38/h1-10,13,22,24H,11-12,14-15H2,(H,39,41). The molecule has 3 aromatic rings. The molecular weight excluding hydrogens is 636 g/mol. The Bertz CT molecular complexity index is 1810. The van der Waals surface area contributed by atoms with Crippen LogP contribution < -0.4 is 5.32 Å². The molecule has 0 aromatic heterocycles. The minimum atomic E-state index is -6.40. The molecule has 0 spiro atoms. The topological polar surface area (TPSA) is 83.6 Å². The molecule has 1 saturated heterocycles. The SMILES string of the molecule is O=C1NCC(C(=O)N2CCC3(S(=O)(=O)c4ccc(F)cc4)c4ccc(C(F)(C(F)(F)F)C(F)(F)F)cc4CC23)c2ccccc21. The number of hydrogen-bond acceptors (Lipinski definition) is 4. The second-order valence-corrected chi connectivity index (χ2v) is 13.4. The first kappa shape index (κ1) is 31.0. The van der Waals surface area contributed by atoms with Gasteiger partial charge in [0.05, 0.1) is 16.9 Å². The summed E-state index contributed by atoms with van der Waals surface area (Å²) in [5.41, 5.74) is -7.45. The molecule has 6 nitrogen and oxygen atoms in total. The normalized spacial score (nSPS) is 23.3. The predicted molar refractivity (Wildman–Crippen MR) is 142 cm³/mol. The first-order valence-electron chi connectivity index (χ1n) is 13.6. The first-order valence-corrected chi connectivity index (χ1v) is 15.1. The van der Waals surface area contributed by atoms with Gasteiger partial charge in [-0.15, -0.1) is 0 Å². The maximum Gasteiger partial charge on any atom is 0.435 e. The molecule has 2 heterocycles. The van der Waals surface area contributed by atoms with E-state index in [1.807, 2.05) is 0 Å². The first-order chi connectivity index (χ1) is 20.9. The summed E-state index contributed by atoms with van der Waals surface area (Å²) in [6, 6.07) is 9.96. The second-order valence-electron chi connectivity index (χ2n) is 11.2. The molecule has 3 aliphatic rings. The number of alkyl halides is 7. The number of carbonyl (C=O) groups excluding carboxylic acids is 2. The number of amides is 2. The van der Waals surface area contributed by atoms with E-state index in [4.69, 9.17) is 0 Å². The molecule has 1 aliphatic carbocycles. The highest BCUT2D eigenvalue weighted by molar-refractivity contribution is 7.92. The zero-order valence-corrected chi connectivity index (χ0v) is 23.7. The minimum Gasteiger partial charge on any atom is -0.351 e. The van der Waals surface area contributed by atoms with Crippen molar-refractivity contribution in [1.29, 1.82) is 0 Å². The molecule has 1 N–H and O–H groups in total. The van der Waals surface area contributed by atoms with Crippen molar-refractivity contribution in [2.75, 3.05) is 13.1 Å². The Morgan fingerprint density at radius 1 is 0.911 bits per heavy atom. The molecule has 0 saturated carbocycles. The molecule has 0 radical (unpaired) electrons. The molecule has 3 aromatic carbocycles. The fourth-order valence-electron chi connectivity index (χ4n) is 6.91. The lowest BCUT2D eigenvalue weighted by Crippen LogP contribution is -2.50. The highest BCUT2D eigenvalue weighted by Gasteiger charge is 2.74. The van der Waals surface area contributed by atoms with E-state index in [9.17, 15) is 48.7 Å². The zero-order chi connectivity index (χ0) is 32.7. The van der Waals surface area contributed by atoms with Gasteiger partial charge in [-0.1, -0.05) is 36.4 Å². The third-order valence-electron chi connectivity index (χ3n) is 9.02. The fourth-order valence-corrected chi connectivity index (χ4v) is 9.24. The summed E-state index contributed by atoms with van der Waals surface area (Å²) >= 11 is 0. The van der Waals surface area contributed by atoms with Crippen LogP contribution in [0.3, 0.4) is 0 Å². The number of sulfone groups is 1. The van der Waals surface area contributed by atoms with Crippen LogP contribution in [-0.2, 0) is 31.5 Å². The number of nitrogens with zero attached hydrogens (tertiary/aromatic N) is 1. The van der Waals surface area contributed by atoms with Gasteiger partial charge in [0.1, 0.15) is 10.6 Å². The summed E-state index contributed by atoms with van der Waals surface area (Å²) in [6.07, 6.45) is -13.6. The highest BCUT2D eigenvalue weighted by atomic mass is 32.2. The monoisotopic (exact) mass is 658 g/mol. The number of halogens is 8. The second kappa shape index (κ2) is 9.99. The molecule has 2 amide bonds. The highest BCUT2D eigenvalue weighted by Crippen LogP contribution is 2.58. The van der Waals surface area contributed by atoms with Crippen LogP contribution in [0.1, 0.15) is 45.0 Å². The van der Waals surface area contributed by atoms with E-state index in [1.54, 1.807) is 18.2 Å². The van der Waals surface area contributed by atoms with Crippen molar-refractivity contribution < 1.29 is 53.1 Å². The van der Waals surface area contributed by atoms with Crippen LogP contribution in [0.5, 0.6) is 0 Å². The van der Waals surface area contributed by atoms with E-state index >= 15 is 4.39 Å². The van der Waals surface area contributed by atoms with E-state index in [1.165, 1.54) is 11.0 Å². The predicted octanol–water partition coefficient (Wildman–Crippen LogP) is 5.47. The van der Waals surface area contributed by atoms with E-state index in [0.29, 0.717) is 11.6 Å². The molecule has 3 atom stereocenters. The van der Waals surface area contributed by atoms with Gasteiger partial charge < -0.3 is 10.2 Å². The Morgan fingerprint density at radius 3 is 2.20 bits per heavy atom. The van der Waals surface area contributed by atoms with Gasteiger partial charge >= 0.3 is 18.0 Å². The van der Waals surface area contributed by atoms with E-state index < -0.39 is 74.2 Å². The van der Waals surface area contributed by atoms with Crippen LogP contribution in [0.15, 0.2) is 71.6 Å². The number of nitrogens with one attached hydrogen (secondary N) is 1. The molecule has 6 rings (SSSR count). The summed E-state index contributed by atoms with van der Waals surface area (Å²) in [6.45, 7) is -0.315. The average Bonchev–Trinajstić information content (AvgIpc) is 3.51. The van der Waals surface area contributed by atoms with Gasteiger partial charge in [-0.05, 0) is 59.9 Å². The lowest BCUT2D eigenvalue weighted by atomic mass is 9.89. The average molecular weight is 659 g/mol. The number of hydrogen-bond donors (Lipinski definition) is 1. The van der Waals surface area contributed by atoms with Gasteiger partial charge in [0, 0.05) is 24.2 Å². The van der Waals surface area contributed by atoms with Crippen molar-refractivity contribution in [3.8, 4) is 0 Å². The molecule has 2 aliphatic heterocycles. The Hall–Kier alpha value is -4.01. The Kier molecular flexibility index (Phi) is 6.88. The molecule has 45 heavy (non-hydrogen) atoms. The Balaban J connectivity index is 1.50. The van der Waals surface area contributed by atoms with E-state index in [-0.39, 0.29) is 47.2 Å². The Labute approximate surface area is 250 Å². The molecular formula is C30H22F8N2O4S. The molecule has 0 bridgehead atoms. The zero-order valence-electron chi connectivity index (χ0n) is 22.8. The van der Waals surface area contributed by atoms with Gasteiger partial charge in [-0.3, -0.25) is 9.59 Å². The van der Waals surface area contributed by atoms with Gasteiger partial charge in [0.25, 0.3) is 5.91 Å². The minimum absolute atomic E-state index is 0.145. The van der Waals surface area contributed by atoms with Crippen molar-refractivity contribution in [3.63, 3.8) is 0 Å². The van der Waals surface area contributed by atoms with Gasteiger partial charge in [0.15, 0.2) is 9.84 Å². The third-order valence-corrected chi connectivity index (χ3v) is 11.6. The number of carbonyl (C=O) groups is 2. The molecule has 238 valence electrons. The third kappa shape index (κ3) is 4.29. The van der Waals surface area contributed by atoms with Crippen LogP contribution in [-0.4, -0.2) is 56.6 Å². The van der Waals surface area contributed by atoms with Gasteiger partial charge in [-0.2, -0.15) is 26.3 Å². The Morgan fingerprint density at radius 2 is 1.56 bits per heavy atom. The van der Waals surface area contributed by atoms with Crippen LogP contribution in [0.2, 0.25) is 0 Å².